The summed E-state index contributed by atoms with van der Waals surface area (Å²) in [6.45, 7) is 3.36. The maximum atomic E-state index is 11.7. The molecule has 1 aliphatic carbocycles. The lowest BCUT2D eigenvalue weighted by atomic mass is 10.2. The van der Waals surface area contributed by atoms with E-state index in [1.54, 1.807) is 25.2 Å². The zero-order valence-corrected chi connectivity index (χ0v) is 18.2. The molecular weight excluding hydrogens is 445 g/mol. The van der Waals surface area contributed by atoms with Gasteiger partial charge in [0.15, 0.2) is 5.96 Å². The highest BCUT2D eigenvalue weighted by atomic mass is 127. The van der Waals surface area contributed by atoms with Crippen LogP contribution < -0.4 is 15.4 Å². The fourth-order valence-corrected chi connectivity index (χ4v) is 2.64. The topological polar surface area (TPSA) is 78.9 Å². The molecule has 0 bridgehead atoms. The van der Waals surface area contributed by atoms with Crippen molar-refractivity contribution < 1.29 is 9.53 Å². The number of amides is 1. The molecular formula is C18H30IN5O2. The molecule has 26 heavy (non-hydrogen) atoms. The number of aliphatic imine (C=N–C) groups is 1. The van der Waals surface area contributed by atoms with Gasteiger partial charge in [-0.3, -0.25) is 4.79 Å². The van der Waals surface area contributed by atoms with Crippen molar-refractivity contribution in [3.05, 3.63) is 23.9 Å². The zero-order valence-electron chi connectivity index (χ0n) is 15.8. The predicted molar refractivity (Wildman–Crippen MR) is 114 cm³/mol. The van der Waals surface area contributed by atoms with Crippen LogP contribution in [0.1, 0.15) is 38.2 Å². The van der Waals surface area contributed by atoms with E-state index >= 15 is 0 Å². The van der Waals surface area contributed by atoms with E-state index in [4.69, 9.17) is 4.74 Å². The molecule has 1 heterocycles. The first-order valence-corrected chi connectivity index (χ1v) is 8.93. The zero-order chi connectivity index (χ0) is 18.1. The maximum absolute atomic E-state index is 11.7. The number of pyridine rings is 1. The predicted octanol–water partition coefficient (Wildman–Crippen LogP) is 2.16. The van der Waals surface area contributed by atoms with Gasteiger partial charge in [0.2, 0.25) is 11.8 Å². The molecule has 0 aliphatic heterocycles. The lowest BCUT2D eigenvalue weighted by Gasteiger charge is -2.16. The van der Waals surface area contributed by atoms with Crippen molar-refractivity contribution in [3.8, 4) is 5.88 Å². The van der Waals surface area contributed by atoms with Crippen LogP contribution >= 0.6 is 24.0 Å². The quantitative estimate of drug-likeness (QED) is 0.359. The third kappa shape index (κ3) is 7.35. The Labute approximate surface area is 173 Å². The SMILES string of the molecule is CCNC(=NCc1cccnc1OC1CCCC1)NCC(=O)N(C)C.I. The van der Waals surface area contributed by atoms with Gasteiger partial charge < -0.3 is 20.3 Å². The first-order chi connectivity index (χ1) is 12.1. The number of guanidine groups is 1. The first kappa shape index (κ1) is 22.5. The second-order valence-corrected chi connectivity index (χ2v) is 6.33. The Bertz CT molecular complexity index is 589. The van der Waals surface area contributed by atoms with Crippen LogP contribution in [-0.4, -0.2) is 55.0 Å². The molecule has 0 radical (unpaired) electrons. The largest absolute Gasteiger partial charge is 0.474 e. The van der Waals surface area contributed by atoms with Gasteiger partial charge in [0.05, 0.1) is 13.1 Å². The second kappa shape index (κ2) is 11.9. The van der Waals surface area contributed by atoms with Gasteiger partial charge in [-0.1, -0.05) is 6.07 Å². The fraction of sp³-hybridized carbons (Fsp3) is 0.611. The van der Waals surface area contributed by atoms with Crippen molar-refractivity contribution in [2.75, 3.05) is 27.2 Å². The van der Waals surface area contributed by atoms with Crippen LogP contribution in [0.3, 0.4) is 0 Å². The number of carbonyl (C=O) groups excluding carboxylic acids is 1. The minimum absolute atomic E-state index is 0. The molecule has 0 unspecified atom stereocenters. The fourth-order valence-electron chi connectivity index (χ4n) is 2.64. The number of rotatable bonds is 7. The van der Waals surface area contributed by atoms with E-state index in [0.717, 1.165) is 24.9 Å². The van der Waals surface area contributed by atoms with E-state index in [-0.39, 0.29) is 42.5 Å². The molecule has 146 valence electrons. The minimum Gasteiger partial charge on any atom is -0.474 e. The molecule has 1 aromatic heterocycles. The normalized spacial score (nSPS) is 14.5. The summed E-state index contributed by atoms with van der Waals surface area (Å²) >= 11 is 0. The van der Waals surface area contributed by atoms with Crippen LogP contribution in [0.25, 0.3) is 0 Å². The number of hydrogen-bond donors (Lipinski definition) is 2. The molecule has 1 aromatic rings. The van der Waals surface area contributed by atoms with Gasteiger partial charge in [0, 0.05) is 32.4 Å². The van der Waals surface area contributed by atoms with E-state index in [1.807, 2.05) is 19.1 Å². The Balaban J connectivity index is 0.00000338. The summed E-state index contributed by atoms with van der Waals surface area (Å²) in [6, 6.07) is 3.87. The van der Waals surface area contributed by atoms with Crippen LogP contribution in [0.4, 0.5) is 0 Å². The minimum atomic E-state index is -0.00256. The van der Waals surface area contributed by atoms with Crippen LogP contribution in [0.15, 0.2) is 23.3 Å². The number of halogens is 1. The highest BCUT2D eigenvalue weighted by Gasteiger charge is 2.18. The standard InChI is InChI=1S/C18H29N5O2.HI/c1-4-19-18(22-13-16(24)23(2)3)21-12-14-8-7-11-20-17(14)25-15-9-5-6-10-15;/h7-8,11,15H,4-6,9-10,12-13H2,1-3H3,(H2,19,21,22);1H. The Morgan fingerprint density at radius 3 is 2.73 bits per heavy atom. The van der Waals surface area contributed by atoms with Gasteiger partial charge in [-0.25, -0.2) is 9.98 Å². The number of nitrogens with zero attached hydrogens (tertiary/aromatic N) is 3. The van der Waals surface area contributed by atoms with Crippen LogP contribution in [0.2, 0.25) is 0 Å². The van der Waals surface area contributed by atoms with E-state index in [9.17, 15) is 4.79 Å². The molecule has 1 aliphatic rings. The first-order valence-electron chi connectivity index (χ1n) is 8.93. The molecule has 1 saturated carbocycles. The van der Waals surface area contributed by atoms with Gasteiger partial charge in [-0.15, -0.1) is 24.0 Å². The van der Waals surface area contributed by atoms with Crippen molar-refractivity contribution in [2.24, 2.45) is 4.99 Å². The summed E-state index contributed by atoms with van der Waals surface area (Å²) in [5.74, 6) is 1.27. The third-order valence-electron chi connectivity index (χ3n) is 4.09. The molecule has 7 nitrogen and oxygen atoms in total. The Kier molecular flexibility index (Phi) is 10.3. The third-order valence-corrected chi connectivity index (χ3v) is 4.09. The summed E-state index contributed by atoms with van der Waals surface area (Å²) < 4.78 is 6.05. The van der Waals surface area contributed by atoms with E-state index in [0.29, 0.717) is 18.4 Å². The average Bonchev–Trinajstić information content (AvgIpc) is 3.11. The lowest BCUT2D eigenvalue weighted by molar-refractivity contribution is -0.127. The summed E-state index contributed by atoms with van der Waals surface area (Å²) in [4.78, 5) is 22.2. The van der Waals surface area contributed by atoms with E-state index < -0.39 is 0 Å². The molecule has 2 rings (SSSR count). The number of ether oxygens (including phenoxy) is 1. The average molecular weight is 475 g/mol. The van der Waals surface area contributed by atoms with Gasteiger partial charge in [0.25, 0.3) is 0 Å². The molecule has 0 aromatic carbocycles. The van der Waals surface area contributed by atoms with Crippen molar-refractivity contribution in [2.45, 2.75) is 45.3 Å². The van der Waals surface area contributed by atoms with Crippen LogP contribution in [0, 0.1) is 0 Å². The summed E-state index contributed by atoms with van der Waals surface area (Å²) in [5.41, 5.74) is 0.950. The van der Waals surface area contributed by atoms with Crippen molar-refractivity contribution in [3.63, 3.8) is 0 Å². The van der Waals surface area contributed by atoms with Gasteiger partial charge >= 0.3 is 0 Å². The van der Waals surface area contributed by atoms with Crippen LogP contribution in [0.5, 0.6) is 5.88 Å². The molecule has 1 fully saturated rings. The number of nitrogens with one attached hydrogen (secondary N) is 2. The number of carbonyl (C=O) groups is 1. The molecule has 2 N–H and O–H groups in total. The molecule has 8 heteroatoms. The molecule has 0 spiro atoms. The second-order valence-electron chi connectivity index (χ2n) is 6.33. The van der Waals surface area contributed by atoms with Gasteiger partial charge in [0.1, 0.15) is 6.10 Å². The number of likely N-dealkylation sites (N-methyl/N-ethyl adjacent to an activating group) is 1. The van der Waals surface area contributed by atoms with Crippen LogP contribution in [-0.2, 0) is 11.3 Å². The highest BCUT2D eigenvalue weighted by Crippen LogP contribution is 2.25. The Morgan fingerprint density at radius 1 is 1.35 bits per heavy atom. The van der Waals surface area contributed by atoms with Crippen molar-refractivity contribution in [1.82, 2.24) is 20.5 Å². The lowest BCUT2D eigenvalue weighted by Crippen LogP contribution is -2.42. The molecule has 1 amide bonds. The Morgan fingerprint density at radius 2 is 2.08 bits per heavy atom. The van der Waals surface area contributed by atoms with Crippen molar-refractivity contribution in [1.29, 1.82) is 0 Å². The maximum Gasteiger partial charge on any atom is 0.241 e. The summed E-state index contributed by atoms with van der Waals surface area (Å²) in [6.07, 6.45) is 6.64. The monoisotopic (exact) mass is 475 g/mol. The Hall–Kier alpha value is -1.58. The number of aromatic nitrogens is 1. The van der Waals surface area contributed by atoms with Gasteiger partial charge in [-0.05, 0) is 38.7 Å². The molecule has 0 saturated heterocycles. The van der Waals surface area contributed by atoms with Gasteiger partial charge in [-0.2, -0.15) is 0 Å². The summed E-state index contributed by atoms with van der Waals surface area (Å²) in [7, 11) is 3.46. The number of hydrogen-bond acceptors (Lipinski definition) is 4. The summed E-state index contributed by atoms with van der Waals surface area (Å²) in [5, 5.41) is 6.20. The molecule has 0 atom stereocenters. The van der Waals surface area contributed by atoms with E-state index in [1.165, 1.54) is 12.8 Å². The highest BCUT2D eigenvalue weighted by molar-refractivity contribution is 14.0. The van der Waals surface area contributed by atoms with E-state index in [2.05, 4.69) is 20.6 Å². The smallest absolute Gasteiger partial charge is 0.241 e. The van der Waals surface area contributed by atoms with Crippen molar-refractivity contribution >= 4 is 35.8 Å².